The van der Waals surface area contributed by atoms with Gasteiger partial charge in [0.15, 0.2) is 0 Å². The van der Waals surface area contributed by atoms with Crippen LogP contribution in [0.3, 0.4) is 0 Å². The van der Waals surface area contributed by atoms with E-state index in [0.717, 1.165) is 18.8 Å². The van der Waals surface area contributed by atoms with E-state index in [-0.39, 0.29) is 0 Å². The fourth-order valence-electron chi connectivity index (χ4n) is 2.96. The van der Waals surface area contributed by atoms with Crippen molar-refractivity contribution in [2.24, 2.45) is 5.73 Å². The molecule has 3 heteroatoms. The van der Waals surface area contributed by atoms with E-state index in [1.165, 1.54) is 42.6 Å². The zero-order valence-electron chi connectivity index (χ0n) is 9.01. The van der Waals surface area contributed by atoms with Gasteiger partial charge >= 0.3 is 0 Å². The van der Waals surface area contributed by atoms with Gasteiger partial charge in [0.25, 0.3) is 0 Å². The molecule has 3 N–H and O–H groups in total. The lowest BCUT2D eigenvalue weighted by Gasteiger charge is -2.08. The van der Waals surface area contributed by atoms with Crippen LogP contribution in [-0.4, -0.2) is 0 Å². The topological polar surface area (TPSA) is 51.2 Å². The predicted octanol–water partition coefficient (Wildman–Crippen LogP) is 2.00. The van der Waals surface area contributed by atoms with E-state index in [4.69, 9.17) is 10.2 Å². The number of fused-ring (bicyclic) bond motifs is 1. The fourth-order valence-corrected chi connectivity index (χ4v) is 2.96. The third-order valence-electron chi connectivity index (χ3n) is 3.75. The first-order chi connectivity index (χ1) is 7.40. The highest BCUT2D eigenvalue weighted by Gasteiger charge is 2.28. The van der Waals surface area contributed by atoms with Crippen molar-refractivity contribution in [3.05, 3.63) is 22.6 Å². The van der Waals surface area contributed by atoms with Crippen LogP contribution in [0.5, 0.6) is 0 Å². The maximum absolute atomic E-state index is 5.99. The lowest BCUT2D eigenvalue weighted by Crippen LogP contribution is -2.07. The molecule has 1 aromatic rings. The van der Waals surface area contributed by atoms with Gasteiger partial charge in [0.1, 0.15) is 11.5 Å². The van der Waals surface area contributed by atoms with E-state index in [0.29, 0.717) is 12.5 Å². The van der Waals surface area contributed by atoms with Crippen molar-refractivity contribution < 1.29 is 4.42 Å². The van der Waals surface area contributed by atoms with Crippen molar-refractivity contribution in [1.82, 2.24) is 5.32 Å². The average Bonchev–Trinajstić information content (AvgIpc) is 2.93. The Kier molecular flexibility index (Phi) is 2.29. The van der Waals surface area contributed by atoms with Gasteiger partial charge in [0, 0.05) is 30.1 Å². The normalized spacial score (nSPS) is 21.1. The third kappa shape index (κ3) is 1.42. The summed E-state index contributed by atoms with van der Waals surface area (Å²) < 4.78 is 5.99. The highest BCUT2D eigenvalue weighted by Crippen LogP contribution is 2.39. The molecule has 0 aromatic carbocycles. The highest BCUT2D eigenvalue weighted by molar-refractivity contribution is 5.37. The number of rotatable bonds is 2. The Balaban J connectivity index is 1.99. The van der Waals surface area contributed by atoms with E-state index in [9.17, 15) is 0 Å². The standard InChI is InChI=1S/C12H18N2O/c13-5-9-10-6-14-7-11(10)15-12(9)8-3-1-2-4-8/h8,14H,1-7,13H2. The van der Waals surface area contributed by atoms with Gasteiger partial charge in [0.05, 0.1) is 6.54 Å². The first-order valence-electron chi connectivity index (χ1n) is 5.94. The highest BCUT2D eigenvalue weighted by atomic mass is 16.3. The van der Waals surface area contributed by atoms with Crippen LogP contribution in [0, 0.1) is 0 Å². The lowest BCUT2D eigenvalue weighted by atomic mass is 9.99. The molecule has 2 heterocycles. The second kappa shape index (κ2) is 3.65. The summed E-state index contributed by atoms with van der Waals surface area (Å²) in [6.45, 7) is 2.46. The molecule has 0 amide bonds. The van der Waals surface area contributed by atoms with Gasteiger partial charge < -0.3 is 15.5 Å². The van der Waals surface area contributed by atoms with Crippen LogP contribution in [0.1, 0.15) is 54.2 Å². The Morgan fingerprint density at radius 2 is 2.07 bits per heavy atom. The van der Waals surface area contributed by atoms with Crippen molar-refractivity contribution in [3.63, 3.8) is 0 Å². The second-order valence-electron chi connectivity index (χ2n) is 4.64. The van der Waals surface area contributed by atoms with E-state index >= 15 is 0 Å². The summed E-state index contributed by atoms with van der Waals surface area (Å²) in [5.74, 6) is 2.99. The molecule has 0 saturated heterocycles. The molecule has 1 saturated carbocycles. The number of nitrogens with two attached hydrogens (primary N) is 1. The van der Waals surface area contributed by atoms with Crippen molar-refractivity contribution in [2.75, 3.05) is 0 Å². The molecular formula is C12H18N2O. The SMILES string of the molecule is NCc1c(C2CCCC2)oc2c1CNC2. The maximum atomic E-state index is 5.99. The summed E-state index contributed by atoms with van der Waals surface area (Å²) >= 11 is 0. The van der Waals surface area contributed by atoms with Crippen molar-refractivity contribution >= 4 is 0 Å². The van der Waals surface area contributed by atoms with Crippen LogP contribution in [0.15, 0.2) is 4.42 Å². The van der Waals surface area contributed by atoms with Gasteiger partial charge in [-0.2, -0.15) is 0 Å². The van der Waals surface area contributed by atoms with Crippen molar-refractivity contribution in [2.45, 2.75) is 51.2 Å². The zero-order valence-corrected chi connectivity index (χ0v) is 9.01. The Bertz CT molecular complexity index is 364. The van der Waals surface area contributed by atoms with E-state index in [2.05, 4.69) is 5.32 Å². The summed E-state index contributed by atoms with van der Waals surface area (Å²) in [5.41, 5.74) is 8.49. The Morgan fingerprint density at radius 3 is 2.80 bits per heavy atom. The summed E-state index contributed by atoms with van der Waals surface area (Å²) in [7, 11) is 0. The quantitative estimate of drug-likeness (QED) is 0.778. The summed E-state index contributed by atoms with van der Waals surface area (Å²) in [4.78, 5) is 0. The summed E-state index contributed by atoms with van der Waals surface area (Å²) in [6.07, 6.45) is 5.26. The molecule has 0 atom stereocenters. The van der Waals surface area contributed by atoms with Crippen LogP contribution >= 0.6 is 0 Å². The van der Waals surface area contributed by atoms with Gasteiger partial charge in [-0.1, -0.05) is 12.8 Å². The molecule has 0 radical (unpaired) electrons. The molecular weight excluding hydrogens is 188 g/mol. The molecule has 3 nitrogen and oxygen atoms in total. The van der Waals surface area contributed by atoms with E-state index < -0.39 is 0 Å². The van der Waals surface area contributed by atoms with Crippen molar-refractivity contribution in [3.8, 4) is 0 Å². The van der Waals surface area contributed by atoms with Crippen LogP contribution in [0.2, 0.25) is 0 Å². The molecule has 1 fully saturated rings. The minimum atomic E-state index is 0.631. The molecule has 1 aromatic heterocycles. The lowest BCUT2D eigenvalue weighted by molar-refractivity contribution is 0.425. The van der Waals surface area contributed by atoms with Gasteiger partial charge in [0.2, 0.25) is 0 Å². The van der Waals surface area contributed by atoms with Crippen molar-refractivity contribution in [1.29, 1.82) is 0 Å². The second-order valence-corrected chi connectivity index (χ2v) is 4.64. The fraction of sp³-hybridized carbons (Fsp3) is 0.667. The predicted molar refractivity (Wildman–Crippen MR) is 58.4 cm³/mol. The molecule has 0 unspecified atom stereocenters. The number of furan rings is 1. The Labute approximate surface area is 90.0 Å². The number of hydrogen-bond acceptors (Lipinski definition) is 3. The van der Waals surface area contributed by atoms with Gasteiger partial charge in [-0.05, 0) is 12.8 Å². The summed E-state index contributed by atoms with van der Waals surface area (Å²) in [5, 5.41) is 3.31. The molecule has 2 aliphatic rings. The third-order valence-corrected chi connectivity index (χ3v) is 3.75. The first-order valence-corrected chi connectivity index (χ1v) is 5.94. The van der Waals surface area contributed by atoms with Crippen LogP contribution in [0.4, 0.5) is 0 Å². The largest absolute Gasteiger partial charge is 0.464 e. The minimum Gasteiger partial charge on any atom is -0.464 e. The summed E-state index contributed by atoms with van der Waals surface area (Å²) in [6, 6.07) is 0. The van der Waals surface area contributed by atoms with E-state index in [1.807, 2.05) is 0 Å². The van der Waals surface area contributed by atoms with Crippen LogP contribution < -0.4 is 11.1 Å². The van der Waals surface area contributed by atoms with E-state index in [1.54, 1.807) is 0 Å². The monoisotopic (exact) mass is 206 g/mol. The molecule has 15 heavy (non-hydrogen) atoms. The Morgan fingerprint density at radius 1 is 1.27 bits per heavy atom. The molecule has 3 rings (SSSR count). The number of nitrogens with one attached hydrogen (secondary N) is 1. The Hall–Kier alpha value is -0.800. The average molecular weight is 206 g/mol. The van der Waals surface area contributed by atoms with Crippen LogP contribution in [-0.2, 0) is 19.6 Å². The van der Waals surface area contributed by atoms with Gasteiger partial charge in [-0.3, -0.25) is 0 Å². The zero-order chi connectivity index (χ0) is 10.3. The number of hydrogen-bond donors (Lipinski definition) is 2. The minimum absolute atomic E-state index is 0.631. The van der Waals surface area contributed by atoms with Gasteiger partial charge in [-0.25, -0.2) is 0 Å². The molecule has 1 aliphatic carbocycles. The maximum Gasteiger partial charge on any atom is 0.122 e. The molecule has 82 valence electrons. The molecule has 0 bridgehead atoms. The van der Waals surface area contributed by atoms with Gasteiger partial charge in [-0.15, -0.1) is 0 Å². The smallest absolute Gasteiger partial charge is 0.122 e. The molecule has 1 aliphatic heterocycles. The first kappa shape index (κ1) is 9.43. The van der Waals surface area contributed by atoms with Crippen LogP contribution in [0.25, 0.3) is 0 Å². The molecule has 0 spiro atoms.